The normalized spacial score (nSPS) is 15.9. The summed E-state index contributed by atoms with van der Waals surface area (Å²) in [4.78, 5) is 0. The second-order valence-corrected chi connectivity index (χ2v) is 18.8. The molecule has 70 valence electrons. The van der Waals surface area contributed by atoms with E-state index in [0.29, 0.717) is 0 Å². The van der Waals surface area contributed by atoms with E-state index in [9.17, 15) is 0 Å². The van der Waals surface area contributed by atoms with Crippen LogP contribution in [0.4, 0.5) is 0 Å². The summed E-state index contributed by atoms with van der Waals surface area (Å²) in [5.41, 5.74) is 0. The topological polar surface area (TPSA) is 0 Å². The third-order valence-electron chi connectivity index (χ3n) is 2.58. The van der Waals surface area contributed by atoms with Gasteiger partial charge in [-0.1, -0.05) is 0 Å². The van der Waals surface area contributed by atoms with Crippen LogP contribution in [0.25, 0.3) is 0 Å². The van der Waals surface area contributed by atoms with Gasteiger partial charge in [-0.3, -0.25) is 0 Å². The van der Waals surface area contributed by atoms with E-state index in [1.54, 1.807) is 0 Å². The molecule has 0 bridgehead atoms. The average molecular weight is 288 g/mol. The molecule has 0 spiro atoms. The van der Waals surface area contributed by atoms with Crippen LogP contribution in [0.1, 0.15) is 33.6 Å². The Morgan fingerprint density at radius 1 is 1.00 bits per heavy atom. The van der Waals surface area contributed by atoms with Crippen LogP contribution in [0.3, 0.4) is 0 Å². The standard InChI is InChI=1S/C9H22IP/c1-5-8-11(4,10,7-3)9-6-2/h5-9H2,1-4H3. The predicted octanol–water partition coefficient (Wildman–Crippen LogP) is 4.36. The Kier molecular flexibility index (Phi) is 4.88. The summed E-state index contributed by atoms with van der Waals surface area (Å²) < 4.78 is -1.22. The van der Waals surface area contributed by atoms with Gasteiger partial charge in [0.1, 0.15) is 0 Å². The Balaban J connectivity index is 4.23. The zero-order valence-electron chi connectivity index (χ0n) is 8.36. The molecule has 0 atom stereocenters. The summed E-state index contributed by atoms with van der Waals surface area (Å²) in [6.07, 6.45) is 7.12. The van der Waals surface area contributed by atoms with E-state index in [1.165, 1.54) is 31.3 Å². The zero-order valence-corrected chi connectivity index (χ0v) is 11.4. The number of halogens is 1. The molecule has 0 nitrogen and oxygen atoms in total. The third kappa shape index (κ3) is 4.07. The van der Waals surface area contributed by atoms with E-state index in [-0.39, 0.29) is 0 Å². The number of hydrogen-bond donors (Lipinski definition) is 0. The molecule has 0 aliphatic rings. The van der Waals surface area contributed by atoms with Crippen LogP contribution in [0.15, 0.2) is 0 Å². The number of hydrogen-bond acceptors (Lipinski definition) is 0. The summed E-state index contributed by atoms with van der Waals surface area (Å²) in [7, 11) is 0. The van der Waals surface area contributed by atoms with E-state index < -0.39 is 4.25 Å². The van der Waals surface area contributed by atoms with E-state index in [2.05, 4.69) is 49.5 Å². The van der Waals surface area contributed by atoms with Crippen molar-refractivity contribution < 1.29 is 0 Å². The fourth-order valence-electron chi connectivity index (χ4n) is 1.68. The summed E-state index contributed by atoms with van der Waals surface area (Å²) in [5, 5.41) is 0. The van der Waals surface area contributed by atoms with Crippen molar-refractivity contribution in [3.05, 3.63) is 0 Å². The molecule has 0 fully saturated rings. The molecule has 0 aromatic rings. The maximum absolute atomic E-state index is 2.80. The van der Waals surface area contributed by atoms with Gasteiger partial charge < -0.3 is 0 Å². The quantitative estimate of drug-likeness (QED) is 0.521. The molecular weight excluding hydrogens is 266 g/mol. The van der Waals surface area contributed by atoms with Crippen LogP contribution >= 0.6 is 26.3 Å². The second kappa shape index (κ2) is 4.41. The molecule has 0 aromatic carbocycles. The van der Waals surface area contributed by atoms with Gasteiger partial charge in [0.05, 0.1) is 0 Å². The van der Waals surface area contributed by atoms with E-state index in [0.717, 1.165) is 0 Å². The monoisotopic (exact) mass is 288 g/mol. The molecule has 0 rings (SSSR count). The first-order chi connectivity index (χ1) is 4.96. The molecule has 0 aliphatic carbocycles. The van der Waals surface area contributed by atoms with Crippen LogP contribution in [-0.4, -0.2) is 25.2 Å². The predicted molar refractivity (Wildman–Crippen MR) is 67.7 cm³/mol. The molecule has 0 unspecified atom stereocenters. The second-order valence-electron chi connectivity index (χ2n) is 3.91. The molecule has 11 heavy (non-hydrogen) atoms. The molecule has 0 N–H and O–H groups in total. The van der Waals surface area contributed by atoms with Gasteiger partial charge in [0, 0.05) is 0 Å². The van der Waals surface area contributed by atoms with Gasteiger partial charge in [-0.25, -0.2) is 0 Å². The van der Waals surface area contributed by atoms with Crippen LogP contribution in [0.5, 0.6) is 0 Å². The fourth-order valence-corrected chi connectivity index (χ4v) is 7.92. The first-order valence-electron chi connectivity index (χ1n) is 4.69. The van der Waals surface area contributed by atoms with Crippen molar-refractivity contribution in [3.8, 4) is 0 Å². The van der Waals surface area contributed by atoms with Gasteiger partial charge in [-0.05, 0) is 0 Å². The molecule has 2 heteroatoms. The molecule has 0 radical (unpaired) electrons. The Morgan fingerprint density at radius 2 is 1.36 bits per heavy atom. The Labute approximate surface area is 84.9 Å². The van der Waals surface area contributed by atoms with Gasteiger partial charge in [-0.15, -0.1) is 0 Å². The molecular formula is C9H22IP. The van der Waals surface area contributed by atoms with Gasteiger partial charge in [0.25, 0.3) is 0 Å². The van der Waals surface area contributed by atoms with Gasteiger partial charge in [-0.2, -0.15) is 0 Å². The van der Waals surface area contributed by atoms with E-state index in [4.69, 9.17) is 0 Å². The van der Waals surface area contributed by atoms with Gasteiger partial charge in [0.2, 0.25) is 0 Å². The Bertz CT molecular complexity index is 111. The first-order valence-corrected chi connectivity index (χ1v) is 10.7. The fraction of sp³-hybridized carbons (Fsp3) is 1.00. The zero-order chi connectivity index (χ0) is 8.98. The third-order valence-corrected chi connectivity index (χ3v) is 12.7. The van der Waals surface area contributed by atoms with Crippen LogP contribution < -0.4 is 0 Å². The van der Waals surface area contributed by atoms with Crippen LogP contribution in [-0.2, 0) is 0 Å². The van der Waals surface area contributed by atoms with Crippen LogP contribution in [0, 0.1) is 0 Å². The minimum absolute atomic E-state index is 1.22. The molecule has 0 heterocycles. The molecule has 0 saturated carbocycles. The molecule has 0 amide bonds. The SMILES string of the molecule is CCCP(C)(I)(CC)CCC. The van der Waals surface area contributed by atoms with Gasteiger partial charge in [0.15, 0.2) is 0 Å². The van der Waals surface area contributed by atoms with Crippen molar-refractivity contribution in [1.29, 1.82) is 0 Å². The van der Waals surface area contributed by atoms with Gasteiger partial charge >= 0.3 is 85.1 Å². The molecule has 0 aromatic heterocycles. The van der Waals surface area contributed by atoms with Crippen molar-refractivity contribution in [2.45, 2.75) is 33.6 Å². The van der Waals surface area contributed by atoms with Crippen molar-refractivity contribution in [1.82, 2.24) is 0 Å². The summed E-state index contributed by atoms with van der Waals surface area (Å²) in [6, 6.07) is 0. The Hall–Kier alpha value is 1.16. The van der Waals surface area contributed by atoms with Crippen LogP contribution in [0.2, 0.25) is 0 Å². The summed E-state index contributed by atoms with van der Waals surface area (Å²) in [6.45, 7) is 9.55. The minimum atomic E-state index is -1.22. The van der Waals surface area contributed by atoms with Crippen molar-refractivity contribution in [3.63, 3.8) is 0 Å². The average Bonchev–Trinajstić information content (AvgIpc) is 1.89. The van der Waals surface area contributed by atoms with E-state index in [1.807, 2.05) is 0 Å². The molecule has 0 saturated heterocycles. The Morgan fingerprint density at radius 3 is 1.55 bits per heavy atom. The number of rotatable bonds is 5. The maximum atomic E-state index is 2.80. The summed E-state index contributed by atoms with van der Waals surface area (Å²) >= 11 is 2.80. The van der Waals surface area contributed by atoms with Crippen molar-refractivity contribution in [2.75, 3.05) is 25.2 Å². The van der Waals surface area contributed by atoms with Crippen molar-refractivity contribution >= 4 is 26.3 Å². The van der Waals surface area contributed by atoms with Crippen molar-refractivity contribution in [2.24, 2.45) is 0 Å². The first kappa shape index (κ1) is 12.2. The van der Waals surface area contributed by atoms with E-state index >= 15 is 0 Å². The summed E-state index contributed by atoms with van der Waals surface area (Å²) in [5.74, 6) is 0. The molecule has 0 aliphatic heterocycles.